The van der Waals surface area contributed by atoms with Crippen LogP contribution in [0.3, 0.4) is 0 Å². The molecule has 142 valence electrons. The van der Waals surface area contributed by atoms with Crippen LogP contribution in [0.2, 0.25) is 0 Å². The monoisotopic (exact) mass is 361 g/mol. The number of nitrogens with one attached hydrogen (secondary N) is 2. The maximum Gasteiger partial charge on any atom is 0.280 e. The number of quaternary nitrogens is 1. The molecule has 1 heterocycles. The van der Waals surface area contributed by atoms with Gasteiger partial charge in [-0.2, -0.15) is 0 Å². The van der Waals surface area contributed by atoms with E-state index in [1.54, 1.807) is 7.05 Å². The lowest BCUT2D eigenvalue weighted by Crippen LogP contribution is -3.17. The number of carbonyl (C=O) groups excluding carboxylic acids is 3. The highest BCUT2D eigenvalue weighted by Crippen LogP contribution is 2.10. The number of amides is 3. The van der Waals surface area contributed by atoms with Gasteiger partial charge in [0.2, 0.25) is 11.8 Å². The van der Waals surface area contributed by atoms with Crippen LogP contribution >= 0.6 is 0 Å². The Kier molecular flexibility index (Phi) is 6.74. The summed E-state index contributed by atoms with van der Waals surface area (Å²) < 4.78 is 0. The first-order valence-corrected chi connectivity index (χ1v) is 9.03. The lowest BCUT2D eigenvalue weighted by atomic mass is 9.95. The van der Waals surface area contributed by atoms with E-state index in [4.69, 9.17) is 5.73 Å². The molecule has 4 N–H and O–H groups in total. The zero-order chi connectivity index (χ0) is 19.3. The Balaban J connectivity index is 1.83. The molecule has 1 aliphatic rings. The number of anilines is 1. The summed E-state index contributed by atoms with van der Waals surface area (Å²) in [6, 6.07) is 7.27. The van der Waals surface area contributed by atoms with E-state index in [-0.39, 0.29) is 36.2 Å². The molecule has 1 saturated heterocycles. The van der Waals surface area contributed by atoms with Crippen molar-refractivity contribution in [3.05, 3.63) is 29.8 Å². The van der Waals surface area contributed by atoms with Crippen LogP contribution in [0.1, 0.15) is 25.3 Å². The van der Waals surface area contributed by atoms with Gasteiger partial charge in [-0.15, -0.1) is 0 Å². The van der Waals surface area contributed by atoms with Crippen LogP contribution in [-0.2, 0) is 14.4 Å². The quantitative estimate of drug-likeness (QED) is 0.641. The Morgan fingerprint density at radius 3 is 2.35 bits per heavy atom. The van der Waals surface area contributed by atoms with Crippen molar-refractivity contribution in [1.29, 1.82) is 0 Å². The van der Waals surface area contributed by atoms with Crippen molar-refractivity contribution in [2.24, 2.45) is 11.7 Å². The average molecular weight is 361 g/mol. The molecular formula is C19H29N4O3+. The summed E-state index contributed by atoms with van der Waals surface area (Å²) in [4.78, 5) is 38.6. The Hall–Kier alpha value is -2.41. The fourth-order valence-corrected chi connectivity index (χ4v) is 3.34. The second kappa shape index (κ2) is 8.80. The molecule has 0 saturated carbocycles. The second-order valence-electron chi connectivity index (χ2n) is 7.17. The molecule has 1 atom stereocenters. The van der Waals surface area contributed by atoms with Crippen molar-refractivity contribution in [1.82, 2.24) is 4.90 Å². The molecule has 7 nitrogen and oxygen atoms in total. The number of rotatable bonds is 6. The highest BCUT2D eigenvalue weighted by Gasteiger charge is 2.33. The summed E-state index contributed by atoms with van der Waals surface area (Å²) in [7, 11) is 1.64. The SMILES string of the molecule is Cc1ccc(NC(=O)CN(C)C(=O)[C@H](C)[NH+]2CCC(C(N)=O)CC2)cc1. The number of likely N-dealkylation sites (tertiary alicyclic amines) is 1. The number of nitrogens with two attached hydrogens (primary N) is 1. The fraction of sp³-hybridized carbons (Fsp3) is 0.526. The van der Waals surface area contributed by atoms with Gasteiger partial charge in [-0.1, -0.05) is 17.7 Å². The standard InChI is InChI=1S/C19H28N4O3/c1-13-4-6-16(7-5-13)21-17(24)12-22(3)19(26)14(2)23-10-8-15(9-11-23)18(20)25/h4-7,14-15H,8-12H2,1-3H3,(H2,20,25)(H,21,24)/p+1/t14-/m0/s1. The summed E-state index contributed by atoms with van der Waals surface area (Å²) in [6.45, 7) is 5.34. The summed E-state index contributed by atoms with van der Waals surface area (Å²) in [5.41, 5.74) is 7.19. The number of aryl methyl sites for hydroxylation is 1. The van der Waals surface area contributed by atoms with E-state index in [2.05, 4.69) is 5.32 Å². The smallest absolute Gasteiger partial charge is 0.280 e. The number of hydrogen-bond acceptors (Lipinski definition) is 3. The van der Waals surface area contributed by atoms with Gasteiger partial charge in [-0.05, 0) is 26.0 Å². The number of benzene rings is 1. The maximum atomic E-state index is 12.6. The first kappa shape index (κ1) is 19.9. The summed E-state index contributed by atoms with van der Waals surface area (Å²) in [6.07, 6.45) is 1.42. The first-order valence-electron chi connectivity index (χ1n) is 9.03. The Labute approximate surface area is 154 Å². The number of hydrogen-bond donors (Lipinski definition) is 3. The van der Waals surface area contributed by atoms with Gasteiger partial charge in [0, 0.05) is 31.5 Å². The van der Waals surface area contributed by atoms with E-state index in [9.17, 15) is 14.4 Å². The van der Waals surface area contributed by atoms with Crippen molar-refractivity contribution in [3.63, 3.8) is 0 Å². The van der Waals surface area contributed by atoms with Crippen LogP contribution < -0.4 is 16.0 Å². The van der Waals surface area contributed by atoms with Crippen molar-refractivity contribution in [3.8, 4) is 0 Å². The van der Waals surface area contributed by atoms with Crippen molar-refractivity contribution >= 4 is 23.4 Å². The topological polar surface area (TPSA) is 96.9 Å². The number of nitrogens with zero attached hydrogens (tertiary/aromatic N) is 1. The van der Waals surface area contributed by atoms with E-state index in [1.165, 1.54) is 4.90 Å². The van der Waals surface area contributed by atoms with Crippen LogP contribution in [0.25, 0.3) is 0 Å². The number of primary amides is 1. The number of piperidine rings is 1. The lowest BCUT2D eigenvalue weighted by Gasteiger charge is -2.33. The normalized spacial score (nSPS) is 20.9. The molecule has 26 heavy (non-hydrogen) atoms. The Morgan fingerprint density at radius 1 is 1.23 bits per heavy atom. The first-order chi connectivity index (χ1) is 12.3. The van der Waals surface area contributed by atoms with Gasteiger partial charge in [0.05, 0.1) is 19.6 Å². The molecule has 3 amide bonds. The maximum absolute atomic E-state index is 12.6. The van der Waals surface area contributed by atoms with Crippen LogP contribution in [0.15, 0.2) is 24.3 Å². The molecule has 1 aromatic rings. The summed E-state index contributed by atoms with van der Waals surface area (Å²) in [5, 5.41) is 2.80. The van der Waals surface area contributed by atoms with Crippen molar-refractivity contribution in [2.45, 2.75) is 32.7 Å². The Bertz CT molecular complexity index is 651. The summed E-state index contributed by atoms with van der Waals surface area (Å²) in [5.74, 6) is -0.636. The number of carbonyl (C=O) groups is 3. The zero-order valence-corrected chi connectivity index (χ0v) is 15.7. The molecule has 0 unspecified atom stereocenters. The minimum Gasteiger partial charge on any atom is -0.369 e. The molecule has 0 spiro atoms. The van der Waals surface area contributed by atoms with Gasteiger partial charge < -0.3 is 20.9 Å². The second-order valence-corrected chi connectivity index (χ2v) is 7.17. The highest BCUT2D eigenvalue weighted by atomic mass is 16.2. The van der Waals surface area contributed by atoms with Crippen molar-refractivity contribution in [2.75, 3.05) is 32.0 Å². The zero-order valence-electron chi connectivity index (χ0n) is 15.7. The molecule has 0 radical (unpaired) electrons. The van der Waals surface area contributed by atoms with E-state index in [0.717, 1.165) is 23.6 Å². The van der Waals surface area contributed by atoms with Crippen LogP contribution in [-0.4, -0.2) is 55.3 Å². The minimum atomic E-state index is -0.257. The van der Waals surface area contributed by atoms with Gasteiger partial charge in [0.25, 0.3) is 5.91 Å². The third-order valence-electron chi connectivity index (χ3n) is 5.11. The van der Waals surface area contributed by atoms with E-state index in [0.29, 0.717) is 18.5 Å². The van der Waals surface area contributed by atoms with Gasteiger partial charge in [-0.25, -0.2) is 0 Å². The largest absolute Gasteiger partial charge is 0.369 e. The van der Waals surface area contributed by atoms with Crippen LogP contribution in [0, 0.1) is 12.8 Å². The van der Waals surface area contributed by atoms with Gasteiger partial charge in [0.15, 0.2) is 6.04 Å². The highest BCUT2D eigenvalue weighted by molar-refractivity contribution is 5.94. The average Bonchev–Trinajstić information content (AvgIpc) is 2.62. The molecule has 1 aliphatic heterocycles. The fourth-order valence-electron chi connectivity index (χ4n) is 3.34. The third-order valence-corrected chi connectivity index (χ3v) is 5.11. The van der Waals surface area contributed by atoms with E-state index in [1.807, 2.05) is 38.1 Å². The van der Waals surface area contributed by atoms with Crippen LogP contribution in [0.5, 0.6) is 0 Å². The molecule has 2 rings (SSSR count). The van der Waals surface area contributed by atoms with Gasteiger partial charge >= 0.3 is 0 Å². The van der Waals surface area contributed by atoms with E-state index >= 15 is 0 Å². The van der Waals surface area contributed by atoms with E-state index < -0.39 is 0 Å². The lowest BCUT2D eigenvalue weighted by molar-refractivity contribution is -0.920. The molecule has 0 bridgehead atoms. The summed E-state index contributed by atoms with van der Waals surface area (Å²) >= 11 is 0. The minimum absolute atomic E-state index is 0.00818. The molecule has 0 aliphatic carbocycles. The molecule has 7 heteroatoms. The number of likely N-dealkylation sites (N-methyl/N-ethyl adjacent to an activating group) is 1. The molecule has 0 aromatic heterocycles. The third kappa shape index (κ3) is 5.29. The van der Waals surface area contributed by atoms with Gasteiger partial charge in [-0.3, -0.25) is 14.4 Å². The van der Waals surface area contributed by atoms with Crippen molar-refractivity contribution < 1.29 is 19.3 Å². The molecule has 1 fully saturated rings. The van der Waals surface area contributed by atoms with Gasteiger partial charge in [0.1, 0.15) is 0 Å². The van der Waals surface area contributed by atoms with Crippen LogP contribution in [0.4, 0.5) is 5.69 Å². The Morgan fingerprint density at radius 2 is 1.81 bits per heavy atom. The predicted molar refractivity (Wildman–Crippen MR) is 99.5 cm³/mol. The predicted octanol–water partition coefficient (Wildman–Crippen LogP) is -0.439. The molecular weight excluding hydrogens is 332 g/mol. The molecule has 1 aromatic carbocycles.